The third-order valence-corrected chi connectivity index (χ3v) is 7.31. The Morgan fingerprint density at radius 3 is 2.14 bits per heavy atom. The van der Waals surface area contributed by atoms with Crippen LogP contribution in [0.1, 0.15) is 29.9 Å². The van der Waals surface area contributed by atoms with Crippen molar-refractivity contribution in [3.05, 3.63) is 59.7 Å². The largest absolute Gasteiger partial charge is 0.449 e. The standard InChI is InChI=1S/C21H23NO5S/c23-20(22-14-21(24)9-11-28(25,26)12-10-21)27-13-19-17-7-3-1-5-15(17)16-6-2-4-8-18(16)19/h1-8,19,24H,9-14H2,(H,22,23). The highest BCUT2D eigenvalue weighted by Gasteiger charge is 2.36. The molecule has 1 amide bonds. The molecule has 0 bridgehead atoms. The van der Waals surface area contributed by atoms with Gasteiger partial charge in [0, 0.05) is 12.5 Å². The Balaban J connectivity index is 1.37. The molecule has 28 heavy (non-hydrogen) atoms. The summed E-state index contributed by atoms with van der Waals surface area (Å²) < 4.78 is 28.4. The lowest BCUT2D eigenvalue weighted by atomic mass is 9.97. The Labute approximate surface area is 164 Å². The van der Waals surface area contributed by atoms with E-state index in [1.165, 1.54) is 0 Å². The van der Waals surface area contributed by atoms with Crippen molar-refractivity contribution in [2.24, 2.45) is 0 Å². The average Bonchev–Trinajstić information content (AvgIpc) is 3.02. The van der Waals surface area contributed by atoms with Crippen LogP contribution in [0.15, 0.2) is 48.5 Å². The van der Waals surface area contributed by atoms with E-state index in [4.69, 9.17) is 4.74 Å². The van der Waals surface area contributed by atoms with Crippen LogP contribution in [0.25, 0.3) is 11.1 Å². The second kappa shape index (κ2) is 7.22. The number of rotatable bonds is 4. The van der Waals surface area contributed by atoms with Crippen LogP contribution in [0, 0.1) is 0 Å². The van der Waals surface area contributed by atoms with E-state index in [1.54, 1.807) is 0 Å². The zero-order chi connectivity index (χ0) is 19.8. The maximum atomic E-state index is 12.2. The number of nitrogens with one attached hydrogen (secondary N) is 1. The van der Waals surface area contributed by atoms with Gasteiger partial charge in [-0.05, 0) is 35.1 Å². The number of amides is 1. The van der Waals surface area contributed by atoms with E-state index < -0.39 is 21.5 Å². The van der Waals surface area contributed by atoms with E-state index in [2.05, 4.69) is 17.4 Å². The zero-order valence-corrected chi connectivity index (χ0v) is 16.2. The van der Waals surface area contributed by atoms with E-state index in [1.807, 2.05) is 36.4 Å². The van der Waals surface area contributed by atoms with Gasteiger partial charge in [-0.25, -0.2) is 13.2 Å². The summed E-state index contributed by atoms with van der Waals surface area (Å²) in [4.78, 5) is 12.2. The first-order valence-electron chi connectivity index (χ1n) is 9.39. The predicted octanol–water partition coefficient (Wildman–Crippen LogP) is 2.46. The van der Waals surface area contributed by atoms with Gasteiger partial charge in [-0.3, -0.25) is 0 Å². The second-order valence-corrected chi connectivity index (χ2v) is 9.86. The summed E-state index contributed by atoms with van der Waals surface area (Å²) in [5.41, 5.74) is 3.38. The zero-order valence-electron chi connectivity index (χ0n) is 15.4. The van der Waals surface area contributed by atoms with Gasteiger partial charge < -0.3 is 15.2 Å². The Kier molecular flexibility index (Phi) is 4.89. The molecule has 4 rings (SSSR count). The van der Waals surface area contributed by atoms with Crippen molar-refractivity contribution in [2.45, 2.75) is 24.4 Å². The topological polar surface area (TPSA) is 92.7 Å². The van der Waals surface area contributed by atoms with Crippen LogP contribution in [-0.2, 0) is 14.6 Å². The predicted molar refractivity (Wildman–Crippen MR) is 106 cm³/mol. The quantitative estimate of drug-likeness (QED) is 0.821. The van der Waals surface area contributed by atoms with E-state index in [0.717, 1.165) is 22.3 Å². The van der Waals surface area contributed by atoms with Crippen LogP contribution >= 0.6 is 0 Å². The first kappa shape index (κ1) is 19.0. The van der Waals surface area contributed by atoms with Crippen LogP contribution in [0.4, 0.5) is 4.79 Å². The van der Waals surface area contributed by atoms with Crippen molar-refractivity contribution in [1.82, 2.24) is 5.32 Å². The van der Waals surface area contributed by atoms with Gasteiger partial charge >= 0.3 is 6.09 Å². The number of aliphatic hydroxyl groups is 1. The molecule has 2 aromatic carbocycles. The molecule has 0 atom stereocenters. The normalized spacial score (nSPS) is 19.5. The fourth-order valence-corrected chi connectivity index (χ4v) is 5.57. The third-order valence-electron chi connectivity index (χ3n) is 5.66. The van der Waals surface area contributed by atoms with Crippen molar-refractivity contribution in [3.8, 4) is 11.1 Å². The SMILES string of the molecule is O=C(NCC1(O)CCS(=O)(=O)CC1)OCC1c2ccccc2-c2ccccc21. The minimum atomic E-state index is -3.07. The molecule has 2 aliphatic rings. The molecule has 6 nitrogen and oxygen atoms in total. The number of carbonyl (C=O) groups is 1. The minimum absolute atomic E-state index is 0.0147. The summed E-state index contributed by atoms with van der Waals surface area (Å²) in [7, 11) is -3.07. The van der Waals surface area contributed by atoms with Crippen LogP contribution < -0.4 is 5.32 Å². The number of ether oxygens (including phenoxy) is 1. The van der Waals surface area contributed by atoms with E-state index >= 15 is 0 Å². The number of hydrogen-bond donors (Lipinski definition) is 2. The Morgan fingerprint density at radius 2 is 1.57 bits per heavy atom. The molecule has 0 radical (unpaired) electrons. The molecular weight excluding hydrogens is 378 g/mol. The van der Waals surface area contributed by atoms with E-state index in [9.17, 15) is 18.3 Å². The Hall–Kier alpha value is -2.38. The summed E-state index contributed by atoms with van der Waals surface area (Å²) in [5, 5.41) is 13.0. The molecule has 0 spiro atoms. The summed E-state index contributed by atoms with van der Waals surface area (Å²) in [5.74, 6) is -0.146. The van der Waals surface area contributed by atoms with Gasteiger partial charge in [0.25, 0.3) is 0 Å². The van der Waals surface area contributed by atoms with Gasteiger partial charge in [-0.15, -0.1) is 0 Å². The average molecular weight is 401 g/mol. The lowest BCUT2D eigenvalue weighted by Gasteiger charge is -2.31. The Bertz CT molecular complexity index is 942. The fraction of sp³-hybridized carbons (Fsp3) is 0.381. The molecule has 7 heteroatoms. The maximum Gasteiger partial charge on any atom is 0.407 e. The molecule has 148 valence electrons. The Morgan fingerprint density at radius 1 is 1.04 bits per heavy atom. The summed E-state index contributed by atoms with van der Waals surface area (Å²) in [6, 6.07) is 16.2. The van der Waals surface area contributed by atoms with Gasteiger partial charge in [-0.1, -0.05) is 48.5 Å². The first-order valence-corrected chi connectivity index (χ1v) is 11.2. The highest BCUT2D eigenvalue weighted by atomic mass is 32.2. The number of carbonyl (C=O) groups excluding carboxylic acids is 1. The van der Waals surface area contributed by atoms with Crippen molar-refractivity contribution in [1.29, 1.82) is 0 Å². The fourth-order valence-electron chi connectivity index (χ4n) is 3.98. The summed E-state index contributed by atoms with van der Waals surface area (Å²) in [6.07, 6.45) is -0.360. The van der Waals surface area contributed by atoms with Crippen molar-refractivity contribution in [2.75, 3.05) is 24.7 Å². The lowest BCUT2D eigenvalue weighted by Crippen LogP contribution is -2.48. The molecular formula is C21H23NO5S. The molecule has 0 unspecified atom stereocenters. The minimum Gasteiger partial charge on any atom is -0.449 e. The number of fused-ring (bicyclic) bond motifs is 3. The van der Waals surface area contributed by atoms with Gasteiger partial charge in [0.1, 0.15) is 6.61 Å². The van der Waals surface area contributed by atoms with Gasteiger partial charge in [-0.2, -0.15) is 0 Å². The smallest absolute Gasteiger partial charge is 0.407 e. The van der Waals surface area contributed by atoms with E-state index in [-0.39, 0.29) is 43.4 Å². The number of benzene rings is 2. The molecule has 1 heterocycles. The highest BCUT2D eigenvalue weighted by molar-refractivity contribution is 7.91. The molecule has 1 aliphatic carbocycles. The maximum absolute atomic E-state index is 12.2. The van der Waals surface area contributed by atoms with Crippen LogP contribution in [0.5, 0.6) is 0 Å². The second-order valence-electron chi connectivity index (χ2n) is 7.56. The monoisotopic (exact) mass is 401 g/mol. The van der Waals surface area contributed by atoms with Crippen LogP contribution in [0.2, 0.25) is 0 Å². The molecule has 0 saturated carbocycles. The number of alkyl carbamates (subject to hydrolysis) is 1. The molecule has 1 fully saturated rings. The number of sulfone groups is 1. The van der Waals surface area contributed by atoms with E-state index in [0.29, 0.717) is 0 Å². The molecule has 2 N–H and O–H groups in total. The number of hydrogen-bond acceptors (Lipinski definition) is 5. The molecule has 1 saturated heterocycles. The lowest BCUT2D eigenvalue weighted by molar-refractivity contribution is 0.0290. The molecule has 0 aromatic heterocycles. The van der Waals surface area contributed by atoms with Crippen molar-refractivity contribution >= 4 is 15.9 Å². The van der Waals surface area contributed by atoms with Crippen LogP contribution in [0.3, 0.4) is 0 Å². The molecule has 2 aromatic rings. The van der Waals surface area contributed by atoms with Crippen molar-refractivity contribution < 1.29 is 23.1 Å². The van der Waals surface area contributed by atoms with Gasteiger partial charge in [0.15, 0.2) is 9.84 Å². The van der Waals surface area contributed by atoms with Gasteiger partial charge in [0.05, 0.1) is 17.1 Å². The first-order chi connectivity index (χ1) is 13.4. The molecule has 1 aliphatic heterocycles. The van der Waals surface area contributed by atoms with Crippen molar-refractivity contribution in [3.63, 3.8) is 0 Å². The summed E-state index contributed by atoms with van der Waals surface area (Å²) in [6.45, 7) is 0.186. The highest BCUT2D eigenvalue weighted by Crippen LogP contribution is 2.44. The van der Waals surface area contributed by atoms with Gasteiger partial charge in [0.2, 0.25) is 0 Å². The third kappa shape index (κ3) is 3.77. The van der Waals surface area contributed by atoms with Crippen LogP contribution in [-0.4, -0.2) is 49.9 Å². The summed E-state index contributed by atoms with van der Waals surface area (Å²) >= 11 is 0.